The van der Waals surface area contributed by atoms with E-state index in [0.717, 1.165) is 9.87 Å². The number of benzene rings is 2. The number of nitrogens with zero attached hydrogens (tertiary/aromatic N) is 4. The second kappa shape index (κ2) is 6.79. The van der Waals surface area contributed by atoms with Gasteiger partial charge in [0.15, 0.2) is 0 Å². The number of hydrogen-bond acceptors (Lipinski definition) is 4. The first-order valence-electron chi connectivity index (χ1n) is 7.56. The van der Waals surface area contributed by atoms with Crippen molar-refractivity contribution in [1.29, 1.82) is 5.26 Å². The SMILES string of the molecule is CN(c1cccc(C#N)c1)S(=O)(=O)c1cnn(Cc2ccccc2)c1. The third kappa shape index (κ3) is 3.54. The lowest BCUT2D eigenvalue weighted by molar-refractivity contribution is 0.594. The van der Waals surface area contributed by atoms with E-state index in [9.17, 15) is 8.42 Å². The second-order valence-electron chi connectivity index (χ2n) is 5.49. The molecule has 0 aliphatic carbocycles. The van der Waals surface area contributed by atoms with E-state index in [0.29, 0.717) is 17.8 Å². The molecule has 0 spiro atoms. The molecule has 3 aromatic rings. The molecule has 0 N–H and O–H groups in total. The molecule has 25 heavy (non-hydrogen) atoms. The number of aromatic nitrogens is 2. The molecule has 0 amide bonds. The van der Waals surface area contributed by atoms with Gasteiger partial charge in [0.25, 0.3) is 10.0 Å². The number of rotatable bonds is 5. The first kappa shape index (κ1) is 16.7. The fraction of sp³-hybridized carbons (Fsp3) is 0.111. The van der Waals surface area contributed by atoms with Crippen molar-refractivity contribution < 1.29 is 8.42 Å². The summed E-state index contributed by atoms with van der Waals surface area (Å²) >= 11 is 0. The van der Waals surface area contributed by atoms with Gasteiger partial charge in [-0.3, -0.25) is 8.99 Å². The van der Waals surface area contributed by atoms with E-state index in [2.05, 4.69) is 5.10 Å². The van der Waals surface area contributed by atoms with Crippen LogP contribution in [-0.4, -0.2) is 25.2 Å². The summed E-state index contributed by atoms with van der Waals surface area (Å²) in [6.07, 6.45) is 2.84. The van der Waals surface area contributed by atoms with Crippen LogP contribution in [0.3, 0.4) is 0 Å². The van der Waals surface area contributed by atoms with Crippen LogP contribution in [-0.2, 0) is 16.6 Å². The van der Waals surface area contributed by atoms with Crippen LogP contribution >= 0.6 is 0 Å². The van der Waals surface area contributed by atoms with Crippen LogP contribution < -0.4 is 4.31 Å². The molecule has 0 aliphatic heterocycles. The third-order valence-corrected chi connectivity index (χ3v) is 5.53. The largest absolute Gasteiger partial charge is 0.269 e. The summed E-state index contributed by atoms with van der Waals surface area (Å²) in [6, 6.07) is 18.1. The van der Waals surface area contributed by atoms with E-state index in [1.54, 1.807) is 22.9 Å². The van der Waals surface area contributed by atoms with Crippen LogP contribution in [0.15, 0.2) is 71.9 Å². The van der Waals surface area contributed by atoms with Crippen molar-refractivity contribution in [3.63, 3.8) is 0 Å². The molecule has 0 saturated carbocycles. The Morgan fingerprint density at radius 2 is 1.92 bits per heavy atom. The topological polar surface area (TPSA) is 79.0 Å². The molecule has 1 aromatic heterocycles. The van der Waals surface area contributed by atoms with Crippen molar-refractivity contribution in [2.24, 2.45) is 0 Å². The highest BCUT2D eigenvalue weighted by molar-refractivity contribution is 7.92. The molecule has 7 heteroatoms. The van der Waals surface area contributed by atoms with Crippen molar-refractivity contribution in [3.8, 4) is 6.07 Å². The third-order valence-electron chi connectivity index (χ3n) is 3.79. The van der Waals surface area contributed by atoms with E-state index in [1.807, 2.05) is 36.4 Å². The molecule has 3 rings (SSSR count). The van der Waals surface area contributed by atoms with E-state index in [4.69, 9.17) is 5.26 Å². The van der Waals surface area contributed by atoms with Crippen LogP contribution in [0.25, 0.3) is 0 Å². The Bertz CT molecular complexity index is 1020. The zero-order chi connectivity index (χ0) is 17.9. The molecule has 6 nitrogen and oxygen atoms in total. The number of sulfonamides is 1. The Balaban J connectivity index is 1.86. The van der Waals surface area contributed by atoms with Gasteiger partial charge in [-0.25, -0.2) is 8.42 Å². The molecule has 0 aliphatic rings. The van der Waals surface area contributed by atoms with Gasteiger partial charge in [-0.2, -0.15) is 10.4 Å². The molecule has 0 saturated heterocycles. The number of nitriles is 1. The van der Waals surface area contributed by atoms with Crippen molar-refractivity contribution in [3.05, 3.63) is 78.1 Å². The lowest BCUT2D eigenvalue weighted by Crippen LogP contribution is -2.26. The first-order chi connectivity index (χ1) is 12.0. The molecule has 0 fully saturated rings. The summed E-state index contributed by atoms with van der Waals surface area (Å²) < 4.78 is 28.3. The highest BCUT2D eigenvalue weighted by atomic mass is 32.2. The summed E-state index contributed by atoms with van der Waals surface area (Å²) in [4.78, 5) is 0.105. The Labute approximate surface area is 146 Å². The van der Waals surface area contributed by atoms with Crippen LogP contribution in [0.5, 0.6) is 0 Å². The second-order valence-corrected chi connectivity index (χ2v) is 7.46. The van der Waals surface area contributed by atoms with Gasteiger partial charge in [-0.05, 0) is 23.8 Å². The summed E-state index contributed by atoms with van der Waals surface area (Å²) in [5.41, 5.74) is 1.86. The minimum absolute atomic E-state index is 0.105. The van der Waals surface area contributed by atoms with Crippen molar-refractivity contribution >= 4 is 15.7 Å². The zero-order valence-corrected chi connectivity index (χ0v) is 14.4. The quantitative estimate of drug-likeness (QED) is 0.707. The molecule has 0 atom stereocenters. The minimum atomic E-state index is -3.75. The van der Waals surface area contributed by atoms with E-state index in [-0.39, 0.29) is 4.90 Å². The van der Waals surface area contributed by atoms with Crippen LogP contribution in [0, 0.1) is 11.3 Å². The Morgan fingerprint density at radius 3 is 2.64 bits per heavy atom. The van der Waals surface area contributed by atoms with Gasteiger partial charge in [0.2, 0.25) is 0 Å². The fourth-order valence-corrected chi connectivity index (χ4v) is 3.55. The molecular weight excluding hydrogens is 336 g/mol. The molecule has 0 unspecified atom stereocenters. The molecular formula is C18H16N4O2S. The van der Waals surface area contributed by atoms with E-state index in [1.165, 1.54) is 25.5 Å². The van der Waals surface area contributed by atoms with Gasteiger partial charge in [-0.1, -0.05) is 36.4 Å². The summed E-state index contributed by atoms with van der Waals surface area (Å²) in [7, 11) is -2.29. The van der Waals surface area contributed by atoms with Crippen molar-refractivity contribution in [2.75, 3.05) is 11.4 Å². The predicted molar refractivity (Wildman–Crippen MR) is 94.5 cm³/mol. The highest BCUT2D eigenvalue weighted by Gasteiger charge is 2.23. The normalized spacial score (nSPS) is 11.0. The monoisotopic (exact) mass is 352 g/mol. The molecule has 0 bridgehead atoms. The van der Waals surface area contributed by atoms with Gasteiger partial charge in [0.05, 0.1) is 30.1 Å². The van der Waals surface area contributed by atoms with Crippen LogP contribution in [0.4, 0.5) is 5.69 Å². The predicted octanol–water partition coefficient (Wildman–Crippen LogP) is 2.63. The lowest BCUT2D eigenvalue weighted by atomic mass is 10.2. The average molecular weight is 352 g/mol. The Kier molecular flexibility index (Phi) is 4.55. The fourth-order valence-electron chi connectivity index (χ4n) is 2.40. The van der Waals surface area contributed by atoms with Gasteiger partial charge in [-0.15, -0.1) is 0 Å². The van der Waals surface area contributed by atoms with Crippen LogP contribution in [0.1, 0.15) is 11.1 Å². The molecule has 2 aromatic carbocycles. The highest BCUT2D eigenvalue weighted by Crippen LogP contribution is 2.22. The Hall–Kier alpha value is -3.11. The maximum Gasteiger partial charge on any atom is 0.267 e. The first-order valence-corrected chi connectivity index (χ1v) is 9.00. The molecule has 1 heterocycles. The maximum absolute atomic E-state index is 12.8. The number of hydrogen-bond donors (Lipinski definition) is 0. The van der Waals surface area contributed by atoms with Crippen molar-refractivity contribution in [2.45, 2.75) is 11.4 Å². The number of anilines is 1. The average Bonchev–Trinajstić information content (AvgIpc) is 3.11. The van der Waals surface area contributed by atoms with Gasteiger partial charge >= 0.3 is 0 Å². The van der Waals surface area contributed by atoms with E-state index >= 15 is 0 Å². The van der Waals surface area contributed by atoms with Crippen LogP contribution in [0.2, 0.25) is 0 Å². The molecule has 0 radical (unpaired) electrons. The maximum atomic E-state index is 12.8. The van der Waals surface area contributed by atoms with E-state index < -0.39 is 10.0 Å². The molecule has 126 valence electrons. The summed E-state index contributed by atoms with van der Waals surface area (Å²) in [5.74, 6) is 0. The lowest BCUT2D eigenvalue weighted by Gasteiger charge is -2.18. The Morgan fingerprint density at radius 1 is 1.16 bits per heavy atom. The van der Waals surface area contributed by atoms with Gasteiger partial charge in [0.1, 0.15) is 4.90 Å². The smallest absolute Gasteiger partial charge is 0.267 e. The minimum Gasteiger partial charge on any atom is -0.269 e. The summed E-state index contributed by atoms with van der Waals surface area (Å²) in [6.45, 7) is 0.490. The van der Waals surface area contributed by atoms with Crippen molar-refractivity contribution in [1.82, 2.24) is 9.78 Å². The summed E-state index contributed by atoms with van der Waals surface area (Å²) in [5, 5.41) is 13.1. The van der Waals surface area contributed by atoms with Gasteiger partial charge in [0, 0.05) is 13.2 Å². The standard InChI is InChI=1S/C18H16N4O2S/c1-21(17-9-5-8-16(10-17)11-19)25(23,24)18-12-20-22(14-18)13-15-6-3-2-4-7-15/h2-10,12,14H,13H2,1H3. The zero-order valence-electron chi connectivity index (χ0n) is 13.6. The van der Waals surface area contributed by atoms with Gasteiger partial charge < -0.3 is 0 Å².